The Bertz CT molecular complexity index is 506. The Labute approximate surface area is 110 Å². The second-order valence-corrected chi connectivity index (χ2v) is 4.46. The number of nitrogens with zero attached hydrogens (tertiary/aromatic N) is 5. The van der Waals surface area contributed by atoms with Crippen LogP contribution in [0.25, 0.3) is 0 Å². The molecule has 1 fully saturated rings. The molecule has 2 heterocycles. The van der Waals surface area contributed by atoms with Gasteiger partial charge < -0.3 is 15.4 Å². The van der Waals surface area contributed by atoms with Gasteiger partial charge in [-0.3, -0.25) is 4.90 Å². The first-order valence-electron chi connectivity index (χ1n) is 6.14. The van der Waals surface area contributed by atoms with E-state index in [1.54, 1.807) is 11.5 Å². The van der Waals surface area contributed by atoms with Gasteiger partial charge in [0.25, 0.3) is 0 Å². The Balaban J connectivity index is 2.04. The van der Waals surface area contributed by atoms with E-state index in [2.05, 4.69) is 16.4 Å². The van der Waals surface area contributed by atoms with Crippen LogP contribution in [0, 0.1) is 28.4 Å². The molecule has 0 amide bonds. The number of hydrogen-bond donors (Lipinski definition) is 1. The van der Waals surface area contributed by atoms with E-state index >= 15 is 0 Å². The fourth-order valence-corrected chi connectivity index (χ4v) is 2.25. The summed E-state index contributed by atoms with van der Waals surface area (Å²) in [6, 6.07) is 2.07. The van der Waals surface area contributed by atoms with Gasteiger partial charge in [0.05, 0.1) is 6.07 Å². The third-order valence-corrected chi connectivity index (χ3v) is 3.34. The molecule has 102 valence electrons. The first-order valence-corrected chi connectivity index (χ1v) is 6.14. The molecule has 0 spiro atoms. The van der Waals surface area contributed by atoms with E-state index in [0.29, 0.717) is 25.5 Å². The first-order chi connectivity index (χ1) is 9.13. The van der Waals surface area contributed by atoms with Crippen molar-refractivity contribution in [3.05, 3.63) is 22.1 Å². The summed E-state index contributed by atoms with van der Waals surface area (Å²) in [5.74, 6) is 0.622. The Morgan fingerprint density at radius 1 is 1.68 bits per heavy atom. The summed E-state index contributed by atoms with van der Waals surface area (Å²) < 4.78 is 1.58. The van der Waals surface area contributed by atoms with Crippen LogP contribution < -0.4 is 5.32 Å². The molecular formula is C11H16N6O2. The predicted molar refractivity (Wildman–Crippen MR) is 67.5 cm³/mol. The van der Waals surface area contributed by atoms with Crippen LogP contribution in [0.5, 0.6) is 0 Å². The average Bonchev–Trinajstić information content (AvgIpc) is 2.78. The van der Waals surface area contributed by atoms with Crippen molar-refractivity contribution in [2.75, 3.05) is 26.2 Å². The predicted octanol–water partition coefficient (Wildman–Crippen LogP) is -0.103. The maximum absolute atomic E-state index is 10.9. The summed E-state index contributed by atoms with van der Waals surface area (Å²) in [5, 5.41) is 23.1. The molecular weight excluding hydrogens is 248 g/mol. The molecule has 0 aromatic carbocycles. The molecule has 8 nitrogen and oxygen atoms in total. The summed E-state index contributed by atoms with van der Waals surface area (Å²) in [4.78, 5) is 16.5. The summed E-state index contributed by atoms with van der Waals surface area (Å²) >= 11 is 0. The Morgan fingerprint density at radius 3 is 3.16 bits per heavy atom. The smallest absolute Gasteiger partial charge is 0.342 e. The van der Waals surface area contributed by atoms with E-state index in [9.17, 15) is 10.1 Å². The van der Waals surface area contributed by atoms with Crippen molar-refractivity contribution in [3.63, 3.8) is 0 Å². The van der Waals surface area contributed by atoms with Gasteiger partial charge in [-0.2, -0.15) is 5.26 Å². The van der Waals surface area contributed by atoms with Gasteiger partial charge in [0, 0.05) is 33.1 Å². The second kappa shape index (κ2) is 5.77. The quantitative estimate of drug-likeness (QED) is 0.602. The highest BCUT2D eigenvalue weighted by molar-refractivity contribution is 5.18. The van der Waals surface area contributed by atoms with Crippen LogP contribution in [0.4, 0.5) is 5.82 Å². The minimum Gasteiger partial charge on any atom is -0.358 e. The lowest BCUT2D eigenvalue weighted by Gasteiger charge is -2.31. The summed E-state index contributed by atoms with van der Waals surface area (Å²) in [5.41, 5.74) is 0. The minimum absolute atomic E-state index is 0.00106. The SMILES string of the molecule is Cc1ncc([N+](=O)[O-])n1CCN1CCNCC1C#N. The van der Waals surface area contributed by atoms with Crippen LogP contribution in [0.15, 0.2) is 6.20 Å². The van der Waals surface area contributed by atoms with Gasteiger partial charge in [0.15, 0.2) is 5.82 Å². The number of aryl methyl sites for hydroxylation is 1. The molecule has 1 saturated heterocycles. The van der Waals surface area contributed by atoms with Gasteiger partial charge in [0.1, 0.15) is 18.8 Å². The zero-order valence-corrected chi connectivity index (χ0v) is 10.7. The van der Waals surface area contributed by atoms with Crippen LogP contribution in [0.3, 0.4) is 0 Å². The fourth-order valence-electron chi connectivity index (χ4n) is 2.25. The number of hydrogen-bond acceptors (Lipinski definition) is 6. The van der Waals surface area contributed by atoms with Crippen molar-refractivity contribution in [1.29, 1.82) is 5.26 Å². The van der Waals surface area contributed by atoms with Crippen molar-refractivity contribution in [2.45, 2.75) is 19.5 Å². The molecule has 0 saturated carbocycles. The van der Waals surface area contributed by atoms with Crippen LogP contribution in [0.1, 0.15) is 5.82 Å². The third kappa shape index (κ3) is 2.89. The number of piperazine rings is 1. The first kappa shape index (κ1) is 13.5. The molecule has 1 aromatic heterocycles. The van der Waals surface area contributed by atoms with Gasteiger partial charge in [-0.15, -0.1) is 0 Å². The maximum Gasteiger partial charge on any atom is 0.342 e. The zero-order chi connectivity index (χ0) is 13.8. The number of nitrogens with one attached hydrogen (secondary N) is 1. The van der Waals surface area contributed by atoms with E-state index in [4.69, 9.17) is 5.26 Å². The van der Waals surface area contributed by atoms with Gasteiger partial charge in [0.2, 0.25) is 0 Å². The molecule has 8 heteroatoms. The highest BCUT2D eigenvalue weighted by Gasteiger charge is 2.24. The van der Waals surface area contributed by atoms with E-state index in [1.807, 2.05) is 4.90 Å². The number of nitro groups is 1. The van der Waals surface area contributed by atoms with E-state index in [-0.39, 0.29) is 11.9 Å². The lowest BCUT2D eigenvalue weighted by atomic mass is 10.2. The van der Waals surface area contributed by atoms with Crippen LogP contribution in [-0.2, 0) is 6.54 Å². The summed E-state index contributed by atoms with van der Waals surface area (Å²) in [7, 11) is 0. The molecule has 19 heavy (non-hydrogen) atoms. The fraction of sp³-hybridized carbons (Fsp3) is 0.636. The van der Waals surface area contributed by atoms with Gasteiger partial charge in [-0.05, 0) is 4.92 Å². The standard InChI is InChI=1S/C11H16N6O2/c1-9-14-8-11(17(18)19)16(9)5-4-15-3-2-13-7-10(15)6-12/h8,10,13H,2-5,7H2,1H3. The molecule has 1 N–H and O–H groups in total. The van der Waals surface area contributed by atoms with Crippen LogP contribution in [0.2, 0.25) is 0 Å². The second-order valence-electron chi connectivity index (χ2n) is 4.46. The van der Waals surface area contributed by atoms with Gasteiger partial charge >= 0.3 is 5.82 Å². The van der Waals surface area contributed by atoms with E-state index < -0.39 is 4.92 Å². The average molecular weight is 264 g/mol. The van der Waals surface area contributed by atoms with Crippen LogP contribution in [-0.4, -0.2) is 51.6 Å². The number of imidazole rings is 1. The highest BCUT2D eigenvalue weighted by Crippen LogP contribution is 2.14. The van der Waals surface area contributed by atoms with Gasteiger partial charge in [-0.1, -0.05) is 0 Å². The van der Waals surface area contributed by atoms with Crippen LogP contribution >= 0.6 is 0 Å². The maximum atomic E-state index is 10.9. The monoisotopic (exact) mass is 264 g/mol. The number of rotatable bonds is 4. The minimum atomic E-state index is -0.431. The topological polar surface area (TPSA) is 100 Å². The lowest BCUT2D eigenvalue weighted by molar-refractivity contribution is -0.392. The largest absolute Gasteiger partial charge is 0.358 e. The third-order valence-electron chi connectivity index (χ3n) is 3.34. The molecule has 1 aliphatic heterocycles. The van der Waals surface area contributed by atoms with Crippen molar-refractivity contribution >= 4 is 5.82 Å². The van der Waals surface area contributed by atoms with E-state index in [0.717, 1.165) is 13.1 Å². The van der Waals surface area contributed by atoms with E-state index in [1.165, 1.54) is 6.20 Å². The summed E-state index contributed by atoms with van der Waals surface area (Å²) in [6.45, 7) is 5.08. The molecule has 2 rings (SSSR count). The molecule has 1 unspecified atom stereocenters. The Hall–Kier alpha value is -1.98. The highest BCUT2D eigenvalue weighted by atomic mass is 16.6. The summed E-state index contributed by atoms with van der Waals surface area (Å²) in [6.07, 6.45) is 1.27. The number of aromatic nitrogens is 2. The number of nitriles is 1. The van der Waals surface area contributed by atoms with Crippen molar-refractivity contribution in [3.8, 4) is 6.07 Å². The molecule has 0 aliphatic carbocycles. The Kier molecular flexibility index (Phi) is 4.09. The molecule has 0 radical (unpaired) electrons. The van der Waals surface area contributed by atoms with Gasteiger partial charge in [-0.25, -0.2) is 9.55 Å². The van der Waals surface area contributed by atoms with Crippen molar-refractivity contribution in [2.24, 2.45) is 0 Å². The lowest BCUT2D eigenvalue weighted by Crippen LogP contribution is -2.51. The molecule has 0 bridgehead atoms. The van der Waals surface area contributed by atoms with Crippen molar-refractivity contribution < 1.29 is 4.92 Å². The normalized spacial score (nSPS) is 20.1. The van der Waals surface area contributed by atoms with Crippen molar-refractivity contribution in [1.82, 2.24) is 19.8 Å². The molecule has 1 aromatic rings. The Morgan fingerprint density at radius 2 is 2.47 bits per heavy atom. The zero-order valence-electron chi connectivity index (χ0n) is 10.7. The molecule has 1 atom stereocenters. The molecule has 1 aliphatic rings.